The minimum atomic E-state index is 0.129. The monoisotopic (exact) mass is 351 g/mol. The fourth-order valence-corrected chi connectivity index (χ4v) is 4.16. The molecule has 4 nitrogen and oxygen atoms in total. The number of nitrogens with one attached hydrogen (secondary N) is 1. The average molecular weight is 352 g/mol. The zero-order valence-electron chi connectivity index (χ0n) is 12.4. The molecule has 1 saturated carbocycles. The van der Waals surface area contributed by atoms with E-state index in [9.17, 15) is 4.79 Å². The van der Waals surface area contributed by atoms with Crippen molar-refractivity contribution >= 4 is 27.7 Å². The van der Waals surface area contributed by atoms with E-state index in [1.165, 1.54) is 25.7 Å². The van der Waals surface area contributed by atoms with Crippen LogP contribution in [0.3, 0.4) is 0 Å². The molecule has 0 aromatic carbocycles. The molecule has 21 heavy (non-hydrogen) atoms. The van der Waals surface area contributed by atoms with Crippen molar-refractivity contribution in [3.05, 3.63) is 22.3 Å². The molecule has 2 aliphatic rings. The molecule has 2 heterocycles. The van der Waals surface area contributed by atoms with Crippen molar-refractivity contribution in [2.75, 3.05) is 18.9 Å². The van der Waals surface area contributed by atoms with Gasteiger partial charge in [0.05, 0.1) is 5.56 Å². The predicted molar refractivity (Wildman–Crippen MR) is 87.5 cm³/mol. The van der Waals surface area contributed by atoms with Gasteiger partial charge in [-0.1, -0.05) is 12.8 Å². The quantitative estimate of drug-likeness (QED) is 0.883. The highest BCUT2D eigenvalue weighted by molar-refractivity contribution is 9.10. The summed E-state index contributed by atoms with van der Waals surface area (Å²) in [6.45, 7) is 0.885. The number of rotatable bonds is 2. The first-order chi connectivity index (χ1) is 10.2. The molecule has 2 atom stereocenters. The Hall–Kier alpha value is -1.10. The summed E-state index contributed by atoms with van der Waals surface area (Å²) in [4.78, 5) is 19.4. The van der Waals surface area contributed by atoms with Gasteiger partial charge in [-0.25, -0.2) is 4.98 Å². The molecule has 0 radical (unpaired) electrons. The number of fused-ring (bicyclic) bond motifs is 1. The Morgan fingerprint density at radius 1 is 1.33 bits per heavy atom. The molecule has 1 aliphatic heterocycles. The Kier molecular flexibility index (Phi) is 4.48. The number of pyridine rings is 1. The number of anilines is 1. The van der Waals surface area contributed by atoms with E-state index >= 15 is 0 Å². The van der Waals surface area contributed by atoms with Gasteiger partial charge in [-0.3, -0.25) is 4.79 Å². The molecule has 1 aromatic heterocycles. The Morgan fingerprint density at radius 3 is 2.90 bits per heavy atom. The second kappa shape index (κ2) is 6.34. The van der Waals surface area contributed by atoms with Gasteiger partial charge in [-0.05, 0) is 53.6 Å². The van der Waals surface area contributed by atoms with E-state index in [2.05, 4.69) is 31.1 Å². The standard InChI is InChI=1S/C16H22BrN3O/c1-18-15-13(9-12(17)10-19-15)16(21)20-8-4-6-11-5-2-3-7-14(11)20/h9-11,14H,2-8H2,1H3,(H,18,19). The third-order valence-corrected chi connectivity index (χ3v) is 5.26. The number of hydrogen-bond donors (Lipinski definition) is 1. The van der Waals surface area contributed by atoms with E-state index in [0.29, 0.717) is 23.3 Å². The van der Waals surface area contributed by atoms with Crippen LogP contribution in [-0.4, -0.2) is 35.4 Å². The number of hydrogen-bond acceptors (Lipinski definition) is 3. The second-order valence-electron chi connectivity index (χ2n) is 6.05. The van der Waals surface area contributed by atoms with E-state index in [-0.39, 0.29) is 5.91 Å². The number of likely N-dealkylation sites (tertiary alicyclic amines) is 1. The van der Waals surface area contributed by atoms with Crippen molar-refractivity contribution in [2.24, 2.45) is 5.92 Å². The second-order valence-corrected chi connectivity index (χ2v) is 6.97. The number of carbonyl (C=O) groups is 1. The number of amides is 1. The SMILES string of the molecule is CNc1ncc(Br)cc1C(=O)N1CCCC2CCCCC21. The molecular formula is C16H22BrN3O. The Bertz CT molecular complexity index is 532. The van der Waals surface area contributed by atoms with Crippen LogP contribution in [0.15, 0.2) is 16.7 Å². The summed E-state index contributed by atoms with van der Waals surface area (Å²) in [6.07, 6.45) is 9.15. The highest BCUT2D eigenvalue weighted by atomic mass is 79.9. The van der Waals surface area contributed by atoms with Gasteiger partial charge in [0.1, 0.15) is 5.82 Å². The molecule has 1 amide bonds. The summed E-state index contributed by atoms with van der Waals surface area (Å²) in [5.74, 6) is 1.50. The molecule has 1 saturated heterocycles. The Balaban J connectivity index is 1.88. The van der Waals surface area contributed by atoms with Gasteiger partial charge >= 0.3 is 0 Å². The van der Waals surface area contributed by atoms with Gasteiger partial charge < -0.3 is 10.2 Å². The van der Waals surface area contributed by atoms with Crippen LogP contribution >= 0.6 is 15.9 Å². The first-order valence-electron chi connectivity index (χ1n) is 7.85. The lowest BCUT2D eigenvalue weighted by Gasteiger charge is -2.44. The zero-order chi connectivity index (χ0) is 14.8. The third-order valence-electron chi connectivity index (χ3n) is 4.83. The highest BCUT2D eigenvalue weighted by Crippen LogP contribution is 2.36. The number of nitrogens with zero attached hydrogens (tertiary/aromatic N) is 2. The van der Waals surface area contributed by atoms with Crippen molar-refractivity contribution in [1.29, 1.82) is 0 Å². The molecule has 2 unspecified atom stereocenters. The van der Waals surface area contributed by atoms with Crippen LogP contribution in [-0.2, 0) is 0 Å². The maximum atomic E-state index is 13.0. The van der Waals surface area contributed by atoms with Gasteiger partial charge in [0.15, 0.2) is 0 Å². The van der Waals surface area contributed by atoms with E-state index < -0.39 is 0 Å². The molecule has 114 valence electrons. The lowest BCUT2D eigenvalue weighted by Crippen LogP contribution is -2.49. The summed E-state index contributed by atoms with van der Waals surface area (Å²) in [5, 5.41) is 3.04. The van der Waals surface area contributed by atoms with E-state index in [0.717, 1.165) is 23.9 Å². The van der Waals surface area contributed by atoms with Crippen LogP contribution in [0.4, 0.5) is 5.82 Å². The number of aromatic nitrogens is 1. The third kappa shape index (κ3) is 2.93. The molecule has 0 spiro atoms. The van der Waals surface area contributed by atoms with Crippen molar-refractivity contribution in [3.63, 3.8) is 0 Å². The lowest BCUT2D eigenvalue weighted by molar-refractivity contribution is 0.0391. The van der Waals surface area contributed by atoms with Crippen LogP contribution in [0.2, 0.25) is 0 Å². The van der Waals surface area contributed by atoms with Crippen molar-refractivity contribution in [1.82, 2.24) is 9.88 Å². The van der Waals surface area contributed by atoms with Gasteiger partial charge in [-0.15, -0.1) is 0 Å². The fourth-order valence-electron chi connectivity index (χ4n) is 3.83. The summed E-state index contributed by atoms with van der Waals surface area (Å²) < 4.78 is 0.849. The minimum absolute atomic E-state index is 0.129. The predicted octanol–water partition coefficient (Wildman–Crippen LogP) is 3.68. The van der Waals surface area contributed by atoms with Gasteiger partial charge in [0, 0.05) is 30.3 Å². The van der Waals surface area contributed by atoms with Gasteiger partial charge in [0.25, 0.3) is 5.91 Å². The molecule has 1 aromatic rings. The summed E-state index contributed by atoms with van der Waals surface area (Å²) in [7, 11) is 1.81. The summed E-state index contributed by atoms with van der Waals surface area (Å²) in [6, 6.07) is 2.32. The lowest BCUT2D eigenvalue weighted by atomic mass is 9.78. The normalized spacial score (nSPS) is 25.3. The summed E-state index contributed by atoms with van der Waals surface area (Å²) in [5.41, 5.74) is 0.679. The molecule has 1 aliphatic carbocycles. The van der Waals surface area contributed by atoms with Crippen LogP contribution in [0.5, 0.6) is 0 Å². The fraction of sp³-hybridized carbons (Fsp3) is 0.625. The average Bonchev–Trinajstić information content (AvgIpc) is 2.53. The minimum Gasteiger partial charge on any atom is -0.372 e. The molecule has 5 heteroatoms. The van der Waals surface area contributed by atoms with Crippen LogP contribution in [0.1, 0.15) is 48.9 Å². The Labute approximate surface area is 134 Å². The van der Waals surface area contributed by atoms with Crippen molar-refractivity contribution in [2.45, 2.75) is 44.6 Å². The first kappa shape index (κ1) is 14.8. The molecule has 3 rings (SSSR count). The largest absolute Gasteiger partial charge is 0.372 e. The number of carbonyl (C=O) groups excluding carboxylic acids is 1. The van der Waals surface area contributed by atoms with Crippen LogP contribution < -0.4 is 5.32 Å². The van der Waals surface area contributed by atoms with E-state index in [1.54, 1.807) is 6.20 Å². The number of halogens is 1. The molecule has 2 fully saturated rings. The van der Waals surface area contributed by atoms with Gasteiger partial charge in [0.2, 0.25) is 0 Å². The molecule has 1 N–H and O–H groups in total. The number of piperidine rings is 1. The molecular weight excluding hydrogens is 330 g/mol. The maximum absolute atomic E-state index is 13.0. The van der Waals surface area contributed by atoms with Crippen LogP contribution in [0, 0.1) is 5.92 Å². The first-order valence-corrected chi connectivity index (χ1v) is 8.64. The Morgan fingerprint density at radius 2 is 2.10 bits per heavy atom. The maximum Gasteiger partial charge on any atom is 0.257 e. The van der Waals surface area contributed by atoms with Crippen molar-refractivity contribution in [3.8, 4) is 0 Å². The smallest absolute Gasteiger partial charge is 0.257 e. The zero-order valence-corrected chi connectivity index (χ0v) is 14.0. The van der Waals surface area contributed by atoms with Crippen LogP contribution in [0.25, 0.3) is 0 Å². The van der Waals surface area contributed by atoms with Gasteiger partial charge in [-0.2, -0.15) is 0 Å². The van der Waals surface area contributed by atoms with E-state index in [4.69, 9.17) is 0 Å². The molecule has 0 bridgehead atoms. The summed E-state index contributed by atoms with van der Waals surface area (Å²) >= 11 is 3.43. The van der Waals surface area contributed by atoms with Crippen molar-refractivity contribution < 1.29 is 4.79 Å². The highest BCUT2D eigenvalue weighted by Gasteiger charge is 2.36. The van der Waals surface area contributed by atoms with E-state index in [1.807, 2.05) is 13.1 Å². The topological polar surface area (TPSA) is 45.2 Å².